The Labute approximate surface area is 184 Å². The normalized spacial score (nSPS) is 16.6. The molecule has 1 aromatic carbocycles. The van der Waals surface area contributed by atoms with Gasteiger partial charge in [0.05, 0.1) is 13.2 Å². The predicted octanol–water partition coefficient (Wildman–Crippen LogP) is 3.04. The molecule has 1 aromatic rings. The van der Waals surface area contributed by atoms with E-state index in [0.717, 1.165) is 45.3 Å². The highest BCUT2D eigenvalue weighted by Gasteiger charge is 2.22. The molecule has 1 aliphatic heterocycles. The zero-order valence-corrected chi connectivity index (χ0v) is 19.3. The Morgan fingerprint density at radius 1 is 1.14 bits per heavy atom. The lowest BCUT2D eigenvalue weighted by atomic mass is 10.0. The molecule has 0 radical (unpaired) electrons. The van der Waals surface area contributed by atoms with Gasteiger partial charge in [-0.1, -0.05) is 13.8 Å². The molecule has 160 valence electrons. The maximum atomic E-state index is 13.3. The van der Waals surface area contributed by atoms with Gasteiger partial charge in [0.25, 0.3) is 0 Å². The van der Waals surface area contributed by atoms with Crippen LogP contribution in [0.3, 0.4) is 0 Å². The van der Waals surface area contributed by atoms with Gasteiger partial charge in [-0.05, 0) is 36.5 Å². The third-order valence-electron chi connectivity index (χ3n) is 4.66. The molecule has 0 aliphatic carbocycles. The average Bonchev–Trinajstić information content (AvgIpc) is 2.63. The van der Waals surface area contributed by atoms with Gasteiger partial charge in [-0.2, -0.15) is 0 Å². The van der Waals surface area contributed by atoms with Gasteiger partial charge < -0.3 is 15.4 Å². The molecule has 0 spiro atoms. The summed E-state index contributed by atoms with van der Waals surface area (Å²) in [4.78, 5) is 6.73. The van der Waals surface area contributed by atoms with Crippen molar-refractivity contribution in [2.45, 2.75) is 32.7 Å². The summed E-state index contributed by atoms with van der Waals surface area (Å²) in [5, 5.41) is 6.61. The molecule has 2 rings (SSSR count). The van der Waals surface area contributed by atoms with Crippen LogP contribution in [0.1, 0.15) is 25.8 Å². The number of benzene rings is 1. The van der Waals surface area contributed by atoms with E-state index in [2.05, 4.69) is 34.4 Å². The topological polar surface area (TPSA) is 48.9 Å². The molecule has 1 saturated heterocycles. The third-order valence-corrected chi connectivity index (χ3v) is 4.66. The molecule has 0 bridgehead atoms. The minimum atomic E-state index is -0.547. The van der Waals surface area contributed by atoms with Gasteiger partial charge in [0.15, 0.2) is 5.96 Å². The second-order valence-corrected chi connectivity index (χ2v) is 7.34. The van der Waals surface area contributed by atoms with Crippen molar-refractivity contribution in [1.82, 2.24) is 15.5 Å². The van der Waals surface area contributed by atoms with Crippen molar-refractivity contribution in [3.8, 4) is 0 Å². The number of rotatable bonds is 8. The van der Waals surface area contributed by atoms with Crippen LogP contribution in [0.5, 0.6) is 0 Å². The summed E-state index contributed by atoms with van der Waals surface area (Å²) in [5.74, 6) is 0.218. The number of guanidine groups is 1. The van der Waals surface area contributed by atoms with Gasteiger partial charge in [0.1, 0.15) is 11.6 Å². The van der Waals surface area contributed by atoms with E-state index in [1.165, 1.54) is 12.1 Å². The van der Waals surface area contributed by atoms with Gasteiger partial charge >= 0.3 is 0 Å². The van der Waals surface area contributed by atoms with E-state index in [0.29, 0.717) is 36.4 Å². The van der Waals surface area contributed by atoms with E-state index in [9.17, 15) is 8.78 Å². The van der Waals surface area contributed by atoms with Gasteiger partial charge in [-0.15, -0.1) is 24.0 Å². The number of morpholine rings is 1. The molecule has 8 heteroatoms. The molecular formula is C20H33F2IN4O. The lowest BCUT2D eigenvalue weighted by Crippen LogP contribution is -2.51. The molecule has 1 atom stereocenters. The quantitative estimate of drug-likeness (QED) is 0.321. The Kier molecular flexibility index (Phi) is 11.9. The number of ether oxygens (including phenoxy) is 1. The number of nitrogens with zero attached hydrogens (tertiary/aromatic N) is 2. The molecule has 0 amide bonds. The van der Waals surface area contributed by atoms with Crippen LogP contribution in [-0.4, -0.2) is 63.3 Å². The first-order valence-corrected chi connectivity index (χ1v) is 9.69. The first-order chi connectivity index (χ1) is 13.0. The highest BCUT2D eigenvalue weighted by molar-refractivity contribution is 14.0. The maximum Gasteiger partial charge on any atom is 0.191 e. The smallest absolute Gasteiger partial charge is 0.191 e. The van der Waals surface area contributed by atoms with Gasteiger partial charge in [-0.3, -0.25) is 9.89 Å². The summed E-state index contributed by atoms with van der Waals surface area (Å²) < 4.78 is 32.0. The van der Waals surface area contributed by atoms with Crippen molar-refractivity contribution in [3.05, 3.63) is 35.4 Å². The Bertz CT molecular complexity index is 590. The fourth-order valence-electron chi connectivity index (χ4n) is 3.36. The molecule has 28 heavy (non-hydrogen) atoms. The van der Waals surface area contributed by atoms with Gasteiger partial charge in [0, 0.05) is 45.3 Å². The maximum absolute atomic E-state index is 13.3. The monoisotopic (exact) mass is 510 g/mol. The van der Waals surface area contributed by atoms with Gasteiger partial charge in [-0.25, -0.2) is 8.78 Å². The SMILES string of the molecule is CN=C(NCCc1cc(F)cc(F)c1)NCC(CC(C)C)N1CCOCC1.I. The van der Waals surface area contributed by atoms with Crippen LogP contribution < -0.4 is 10.6 Å². The largest absolute Gasteiger partial charge is 0.379 e. The van der Waals surface area contributed by atoms with Crippen LogP contribution in [0.2, 0.25) is 0 Å². The Morgan fingerprint density at radius 2 is 1.79 bits per heavy atom. The van der Waals surface area contributed by atoms with Crippen molar-refractivity contribution in [3.63, 3.8) is 0 Å². The number of hydrogen-bond acceptors (Lipinski definition) is 3. The zero-order chi connectivity index (χ0) is 19.6. The summed E-state index contributed by atoms with van der Waals surface area (Å²) in [6.45, 7) is 9.29. The fraction of sp³-hybridized carbons (Fsp3) is 0.650. The minimum absolute atomic E-state index is 0. The summed E-state index contributed by atoms with van der Waals surface area (Å²) in [5.41, 5.74) is 0.626. The summed E-state index contributed by atoms with van der Waals surface area (Å²) in [6, 6.07) is 4.03. The number of hydrogen-bond donors (Lipinski definition) is 2. The highest BCUT2D eigenvalue weighted by Crippen LogP contribution is 2.13. The molecule has 2 N–H and O–H groups in total. The van der Waals surface area contributed by atoms with Crippen molar-refractivity contribution >= 4 is 29.9 Å². The van der Waals surface area contributed by atoms with Crippen LogP contribution in [0.4, 0.5) is 8.78 Å². The first-order valence-electron chi connectivity index (χ1n) is 9.69. The van der Waals surface area contributed by atoms with Crippen molar-refractivity contribution in [1.29, 1.82) is 0 Å². The molecule has 0 saturated carbocycles. The minimum Gasteiger partial charge on any atom is -0.379 e. The molecule has 5 nitrogen and oxygen atoms in total. The zero-order valence-electron chi connectivity index (χ0n) is 17.0. The highest BCUT2D eigenvalue weighted by atomic mass is 127. The number of aliphatic imine (C=N–C) groups is 1. The van der Waals surface area contributed by atoms with Crippen LogP contribution in [-0.2, 0) is 11.2 Å². The van der Waals surface area contributed by atoms with E-state index in [1.807, 2.05) is 0 Å². The van der Waals surface area contributed by atoms with Crippen molar-refractivity contribution in [2.24, 2.45) is 10.9 Å². The van der Waals surface area contributed by atoms with E-state index in [1.54, 1.807) is 7.05 Å². The molecule has 1 fully saturated rings. The van der Waals surface area contributed by atoms with Crippen LogP contribution in [0, 0.1) is 17.6 Å². The Hall–Kier alpha value is -1.00. The standard InChI is InChI=1S/C20H32F2N4O.HI/c1-15(2)10-19(26-6-8-27-9-7-26)14-25-20(23-3)24-5-4-16-11-17(21)13-18(22)12-16;/h11-13,15,19H,4-10,14H2,1-3H3,(H2,23,24,25);1H. The summed E-state index contributed by atoms with van der Waals surface area (Å²) in [6.07, 6.45) is 1.63. The lowest BCUT2D eigenvalue weighted by molar-refractivity contribution is 0.0132. The second-order valence-electron chi connectivity index (χ2n) is 7.34. The fourth-order valence-corrected chi connectivity index (χ4v) is 3.36. The van der Waals surface area contributed by atoms with Crippen molar-refractivity contribution in [2.75, 3.05) is 46.4 Å². The molecule has 1 aliphatic rings. The van der Waals surface area contributed by atoms with E-state index < -0.39 is 11.6 Å². The molecule has 1 heterocycles. The average molecular weight is 510 g/mol. The summed E-state index contributed by atoms with van der Waals surface area (Å²) in [7, 11) is 1.73. The van der Waals surface area contributed by atoms with Crippen LogP contribution in [0.15, 0.2) is 23.2 Å². The lowest BCUT2D eigenvalue weighted by Gasteiger charge is -2.35. The van der Waals surface area contributed by atoms with E-state index in [4.69, 9.17) is 4.74 Å². The van der Waals surface area contributed by atoms with Crippen LogP contribution in [0.25, 0.3) is 0 Å². The van der Waals surface area contributed by atoms with Crippen LogP contribution >= 0.6 is 24.0 Å². The number of nitrogens with one attached hydrogen (secondary N) is 2. The van der Waals surface area contributed by atoms with E-state index >= 15 is 0 Å². The van der Waals surface area contributed by atoms with Crippen molar-refractivity contribution < 1.29 is 13.5 Å². The molecule has 0 aromatic heterocycles. The second kappa shape index (κ2) is 13.3. The third kappa shape index (κ3) is 9.00. The Morgan fingerprint density at radius 3 is 2.36 bits per heavy atom. The Balaban J connectivity index is 0.00000392. The van der Waals surface area contributed by atoms with E-state index in [-0.39, 0.29) is 24.0 Å². The first kappa shape index (κ1) is 25.0. The molecule has 1 unspecified atom stereocenters. The number of halogens is 3. The predicted molar refractivity (Wildman–Crippen MR) is 120 cm³/mol. The summed E-state index contributed by atoms with van der Waals surface area (Å²) >= 11 is 0. The van der Waals surface area contributed by atoms with Gasteiger partial charge in [0.2, 0.25) is 0 Å². The molecular weight excluding hydrogens is 477 g/mol.